The van der Waals surface area contributed by atoms with Gasteiger partial charge in [-0.2, -0.15) is 0 Å². The van der Waals surface area contributed by atoms with Crippen LogP contribution in [0, 0.1) is 0 Å². The fourth-order valence-electron chi connectivity index (χ4n) is 1.61. The molecule has 3 amide bonds. The van der Waals surface area contributed by atoms with Crippen LogP contribution >= 0.6 is 11.6 Å². The van der Waals surface area contributed by atoms with Gasteiger partial charge in [-0.1, -0.05) is 12.1 Å². The first-order valence-electron chi connectivity index (χ1n) is 5.02. The standard InChI is InChI=1S/C10H9ClN2O4S/c11-5-6-12-10(15)13-9(14)7-3-1-2-4-8(7)18(13,16)17/h1-4H,5-6H2,(H,12,15). The van der Waals surface area contributed by atoms with Crippen molar-refractivity contribution >= 4 is 33.6 Å². The topological polar surface area (TPSA) is 83.6 Å². The fraction of sp³-hybridized carbons (Fsp3) is 0.200. The number of rotatable bonds is 2. The Kier molecular flexibility index (Phi) is 3.27. The molecule has 1 aromatic carbocycles. The quantitative estimate of drug-likeness (QED) is 0.815. The number of benzene rings is 1. The number of halogens is 1. The van der Waals surface area contributed by atoms with Gasteiger partial charge in [-0.05, 0) is 12.1 Å². The van der Waals surface area contributed by atoms with Crippen LogP contribution in [0.1, 0.15) is 10.4 Å². The van der Waals surface area contributed by atoms with Crippen molar-refractivity contribution in [2.24, 2.45) is 0 Å². The second-order valence-corrected chi connectivity index (χ2v) is 5.62. The number of carbonyl (C=O) groups excluding carboxylic acids is 2. The third-order valence-corrected chi connectivity index (χ3v) is 4.29. The van der Waals surface area contributed by atoms with E-state index >= 15 is 0 Å². The minimum atomic E-state index is -4.10. The molecule has 0 aromatic heterocycles. The molecule has 1 aliphatic rings. The average Bonchev–Trinajstić information content (AvgIpc) is 2.55. The van der Waals surface area contributed by atoms with Crippen molar-refractivity contribution in [3.8, 4) is 0 Å². The van der Waals surface area contributed by atoms with E-state index < -0.39 is 22.0 Å². The molecule has 1 aromatic rings. The van der Waals surface area contributed by atoms with Gasteiger partial charge in [0.15, 0.2) is 0 Å². The predicted octanol–water partition coefficient (Wildman–Crippen LogP) is 0.780. The molecule has 96 valence electrons. The lowest BCUT2D eigenvalue weighted by Crippen LogP contribution is -2.44. The van der Waals surface area contributed by atoms with Crippen LogP contribution in [0.2, 0.25) is 0 Å². The summed E-state index contributed by atoms with van der Waals surface area (Å²) in [6, 6.07) is 4.69. The number of nitrogens with one attached hydrogen (secondary N) is 1. The molecule has 0 saturated heterocycles. The van der Waals surface area contributed by atoms with Crippen LogP contribution in [0.4, 0.5) is 4.79 Å². The first kappa shape index (κ1) is 12.8. The summed E-state index contributed by atoms with van der Waals surface area (Å²) in [7, 11) is -4.10. The van der Waals surface area contributed by atoms with Crippen LogP contribution in [0.5, 0.6) is 0 Å². The maximum absolute atomic E-state index is 12.0. The van der Waals surface area contributed by atoms with Gasteiger partial charge in [0.25, 0.3) is 15.9 Å². The lowest BCUT2D eigenvalue weighted by atomic mass is 10.2. The molecule has 0 unspecified atom stereocenters. The van der Waals surface area contributed by atoms with Crippen LogP contribution in [-0.4, -0.2) is 37.1 Å². The molecule has 0 saturated carbocycles. The number of carbonyl (C=O) groups is 2. The minimum absolute atomic E-state index is 0.00137. The molecule has 6 nitrogen and oxygen atoms in total. The highest BCUT2D eigenvalue weighted by molar-refractivity contribution is 7.90. The summed E-state index contributed by atoms with van der Waals surface area (Å²) in [5, 5.41) is 2.25. The third kappa shape index (κ3) is 1.85. The largest absolute Gasteiger partial charge is 0.338 e. The SMILES string of the molecule is O=C(NCCCl)N1C(=O)c2ccccc2S1(=O)=O. The first-order chi connectivity index (χ1) is 8.50. The van der Waals surface area contributed by atoms with Crippen LogP contribution in [0.3, 0.4) is 0 Å². The number of urea groups is 1. The van der Waals surface area contributed by atoms with E-state index in [4.69, 9.17) is 11.6 Å². The zero-order valence-electron chi connectivity index (χ0n) is 9.09. The minimum Gasteiger partial charge on any atom is -0.336 e. The number of amides is 3. The maximum Gasteiger partial charge on any atom is 0.338 e. The molecule has 0 spiro atoms. The first-order valence-corrected chi connectivity index (χ1v) is 7.00. The van der Waals surface area contributed by atoms with E-state index in [9.17, 15) is 18.0 Å². The van der Waals surface area contributed by atoms with Crippen molar-refractivity contribution < 1.29 is 18.0 Å². The highest BCUT2D eigenvalue weighted by atomic mass is 35.5. The van der Waals surface area contributed by atoms with Crippen molar-refractivity contribution in [1.82, 2.24) is 9.62 Å². The second-order valence-electron chi connectivity index (χ2n) is 3.49. The molecule has 0 bridgehead atoms. The molecular weight excluding hydrogens is 280 g/mol. The summed E-state index contributed by atoms with van der Waals surface area (Å²) in [5.74, 6) is -0.724. The van der Waals surface area contributed by atoms with E-state index in [1.165, 1.54) is 24.3 Å². The highest BCUT2D eigenvalue weighted by Crippen LogP contribution is 2.29. The average molecular weight is 289 g/mol. The van der Waals surface area contributed by atoms with E-state index in [1.54, 1.807) is 0 Å². The highest BCUT2D eigenvalue weighted by Gasteiger charge is 2.44. The van der Waals surface area contributed by atoms with Gasteiger partial charge in [-0.3, -0.25) is 4.79 Å². The van der Waals surface area contributed by atoms with Gasteiger partial charge < -0.3 is 5.32 Å². The summed E-state index contributed by atoms with van der Waals surface area (Å²) in [6.45, 7) is 0.0794. The van der Waals surface area contributed by atoms with Gasteiger partial charge in [0.2, 0.25) is 0 Å². The van der Waals surface area contributed by atoms with Gasteiger partial charge in [0.05, 0.1) is 5.56 Å². The van der Waals surface area contributed by atoms with Crippen molar-refractivity contribution in [2.75, 3.05) is 12.4 Å². The molecule has 1 heterocycles. The molecular formula is C10H9ClN2O4S. The number of hydrogen-bond donors (Lipinski definition) is 1. The number of hydrogen-bond acceptors (Lipinski definition) is 4. The van der Waals surface area contributed by atoms with Gasteiger partial charge in [0, 0.05) is 12.4 Å². The molecule has 0 fully saturated rings. The molecule has 2 rings (SSSR count). The Morgan fingerprint density at radius 2 is 2.00 bits per heavy atom. The van der Waals surface area contributed by atoms with E-state index in [0.29, 0.717) is 0 Å². The molecule has 8 heteroatoms. The van der Waals surface area contributed by atoms with Gasteiger partial charge in [-0.25, -0.2) is 13.2 Å². The Labute approximate surface area is 109 Å². The van der Waals surface area contributed by atoms with Gasteiger partial charge in [-0.15, -0.1) is 15.9 Å². The Bertz CT molecular complexity index is 614. The molecule has 1 N–H and O–H groups in total. The van der Waals surface area contributed by atoms with Gasteiger partial charge >= 0.3 is 6.03 Å². The van der Waals surface area contributed by atoms with E-state index in [0.717, 1.165) is 0 Å². The lowest BCUT2D eigenvalue weighted by molar-refractivity contribution is 0.0894. The maximum atomic E-state index is 12.0. The lowest BCUT2D eigenvalue weighted by Gasteiger charge is -2.13. The Morgan fingerprint density at radius 1 is 1.33 bits per heavy atom. The predicted molar refractivity (Wildman–Crippen MR) is 63.9 cm³/mol. The van der Waals surface area contributed by atoms with Crippen molar-refractivity contribution in [2.45, 2.75) is 4.90 Å². The number of alkyl halides is 1. The molecule has 0 atom stereocenters. The number of nitrogens with zero attached hydrogens (tertiary/aromatic N) is 1. The van der Waals surface area contributed by atoms with Crippen LogP contribution in [0.25, 0.3) is 0 Å². The monoisotopic (exact) mass is 288 g/mol. The third-order valence-electron chi connectivity index (χ3n) is 2.38. The molecule has 0 aliphatic carbocycles. The number of fused-ring (bicyclic) bond motifs is 1. The fourth-order valence-corrected chi connectivity index (χ4v) is 3.19. The van der Waals surface area contributed by atoms with E-state index in [1.807, 2.05) is 0 Å². The van der Waals surface area contributed by atoms with Crippen LogP contribution < -0.4 is 5.32 Å². The zero-order chi connectivity index (χ0) is 13.3. The van der Waals surface area contributed by atoms with E-state index in [2.05, 4.69) is 5.32 Å². The van der Waals surface area contributed by atoms with Crippen molar-refractivity contribution in [3.05, 3.63) is 29.8 Å². The van der Waals surface area contributed by atoms with Crippen LogP contribution in [0.15, 0.2) is 29.2 Å². The van der Waals surface area contributed by atoms with E-state index in [-0.39, 0.29) is 27.2 Å². The molecule has 0 radical (unpaired) electrons. The summed E-state index contributed by atoms with van der Waals surface area (Å²) < 4.78 is 24.2. The summed E-state index contributed by atoms with van der Waals surface area (Å²) in [5.41, 5.74) is -0.00137. The van der Waals surface area contributed by atoms with Gasteiger partial charge in [0.1, 0.15) is 4.90 Å². The number of sulfonamides is 1. The Morgan fingerprint density at radius 3 is 2.61 bits per heavy atom. The normalized spacial score (nSPS) is 16.5. The van der Waals surface area contributed by atoms with Crippen molar-refractivity contribution in [3.63, 3.8) is 0 Å². The Hall–Kier alpha value is -1.60. The zero-order valence-corrected chi connectivity index (χ0v) is 10.7. The summed E-state index contributed by atoms with van der Waals surface area (Å²) in [4.78, 5) is 23.4. The number of imide groups is 1. The van der Waals surface area contributed by atoms with Crippen molar-refractivity contribution in [1.29, 1.82) is 0 Å². The summed E-state index contributed by atoms with van der Waals surface area (Å²) in [6.07, 6.45) is 0. The summed E-state index contributed by atoms with van der Waals surface area (Å²) >= 11 is 5.38. The van der Waals surface area contributed by atoms with Crippen LogP contribution in [-0.2, 0) is 10.0 Å². The molecule has 18 heavy (non-hydrogen) atoms. The molecule has 1 aliphatic heterocycles. The second kappa shape index (κ2) is 4.58. The smallest absolute Gasteiger partial charge is 0.336 e. The Balaban J connectivity index is 2.42.